The smallest absolute Gasteiger partial charge is 0.229 e. The Balaban J connectivity index is 2.14. The van der Waals surface area contributed by atoms with Gasteiger partial charge in [-0.2, -0.15) is 15.0 Å². The largest absolute Gasteiger partial charge is 0.365 e. The van der Waals surface area contributed by atoms with Gasteiger partial charge in [0.15, 0.2) is 5.13 Å². The van der Waals surface area contributed by atoms with E-state index in [2.05, 4.69) is 44.4 Å². The van der Waals surface area contributed by atoms with Crippen molar-refractivity contribution in [2.75, 3.05) is 36.7 Å². The molecule has 0 atom stereocenters. The van der Waals surface area contributed by atoms with Crippen LogP contribution in [0.4, 0.5) is 17.0 Å². The number of nitrogens with zero attached hydrogens (tertiary/aromatic N) is 5. The van der Waals surface area contributed by atoms with Crippen LogP contribution in [0.25, 0.3) is 0 Å². The van der Waals surface area contributed by atoms with Crippen molar-refractivity contribution in [3.05, 3.63) is 16.9 Å². The molecule has 2 rings (SSSR count). The maximum atomic E-state index is 4.46. The first-order valence-corrected chi connectivity index (χ1v) is 7.67. The molecule has 0 aliphatic heterocycles. The highest BCUT2D eigenvalue weighted by Crippen LogP contribution is 2.17. The van der Waals surface area contributed by atoms with E-state index in [1.54, 1.807) is 11.3 Å². The maximum Gasteiger partial charge on any atom is 0.229 e. The highest BCUT2D eigenvalue weighted by Gasteiger charge is 2.11. The molecular weight excluding hydrogens is 286 g/mol. The van der Waals surface area contributed by atoms with Crippen molar-refractivity contribution in [3.63, 3.8) is 0 Å². The van der Waals surface area contributed by atoms with Gasteiger partial charge in [0.05, 0.1) is 12.2 Å². The number of hydrogen-bond acceptors (Lipinski definition) is 8. The Kier molecular flexibility index (Phi) is 4.89. The van der Waals surface area contributed by atoms with Crippen LogP contribution in [-0.4, -0.2) is 41.1 Å². The lowest BCUT2D eigenvalue weighted by Crippen LogP contribution is -2.17. The molecule has 0 aliphatic rings. The Morgan fingerprint density at radius 1 is 1.19 bits per heavy atom. The van der Waals surface area contributed by atoms with E-state index < -0.39 is 0 Å². The quantitative estimate of drug-likeness (QED) is 0.846. The van der Waals surface area contributed by atoms with Crippen LogP contribution in [0.3, 0.4) is 0 Å². The van der Waals surface area contributed by atoms with Crippen molar-refractivity contribution in [2.45, 2.75) is 26.3 Å². The van der Waals surface area contributed by atoms with Crippen LogP contribution in [-0.2, 0) is 6.54 Å². The third-order valence-corrected chi connectivity index (χ3v) is 3.66. The lowest BCUT2D eigenvalue weighted by molar-refractivity contribution is 0.754. The third-order valence-electron chi connectivity index (χ3n) is 2.75. The summed E-state index contributed by atoms with van der Waals surface area (Å²) < 4.78 is 0. The van der Waals surface area contributed by atoms with E-state index in [0.717, 1.165) is 16.6 Å². The van der Waals surface area contributed by atoms with E-state index in [1.165, 1.54) is 0 Å². The van der Waals surface area contributed by atoms with Crippen LogP contribution in [0.2, 0.25) is 0 Å². The van der Waals surface area contributed by atoms with E-state index >= 15 is 0 Å². The van der Waals surface area contributed by atoms with E-state index in [4.69, 9.17) is 0 Å². The fraction of sp³-hybridized carbons (Fsp3) is 0.538. The van der Waals surface area contributed by atoms with Crippen LogP contribution < -0.4 is 15.5 Å². The number of aromatic nitrogens is 4. The first-order chi connectivity index (χ1) is 9.99. The Bertz CT molecular complexity index is 568. The van der Waals surface area contributed by atoms with Crippen molar-refractivity contribution >= 4 is 28.4 Å². The van der Waals surface area contributed by atoms with Gasteiger partial charge in [0, 0.05) is 32.4 Å². The minimum absolute atomic E-state index is 0.252. The van der Waals surface area contributed by atoms with Gasteiger partial charge in [-0.15, -0.1) is 11.3 Å². The second kappa shape index (κ2) is 6.66. The van der Waals surface area contributed by atoms with Crippen molar-refractivity contribution in [1.82, 2.24) is 19.9 Å². The normalized spacial score (nSPS) is 10.8. The zero-order chi connectivity index (χ0) is 15.4. The van der Waals surface area contributed by atoms with Gasteiger partial charge in [-0.3, -0.25) is 0 Å². The highest BCUT2D eigenvalue weighted by atomic mass is 32.1. The summed E-state index contributed by atoms with van der Waals surface area (Å²) in [5.74, 6) is 2.27. The van der Waals surface area contributed by atoms with Crippen LogP contribution in [0.15, 0.2) is 5.38 Å². The molecule has 0 aliphatic carbocycles. The molecule has 0 saturated carbocycles. The monoisotopic (exact) mass is 307 g/mol. The summed E-state index contributed by atoms with van der Waals surface area (Å²) in [4.78, 5) is 19.6. The fourth-order valence-electron chi connectivity index (χ4n) is 1.59. The number of anilines is 3. The summed E-state index contributed by atoms with van der Waals surface area (Å²) in [5, 5.41) is 9.15. The SMILES string of the molecule is CNc1nc(CNc2nc(C(C)C)nc(N(C)C)n2)cs1. The van der Waals surface area contributed by atoms with Crippen LogP contribution in [0.1, 0.15) is 31.3 Å². The first kappa shape index (κ1) is 15.4. The minimum atomic E-state index is 0.252. The van der Waals surface area contributed by atoms with Crippen LogP contribution in [0.5, 0.6) is 0 Å². The topological polar surface area (TPSA) is 78.9 Å². The van der Waals surface area contributed by atoms with Gasteiger partial charge < -0.3 is 15.5 Å². The minimum Gasteiger partial charge on any atom is -0.365 e. The molecule has 8 heteroatoms. The molecule has 2 heterocycles. The molecular formula is C13H21N7S. The molecule has 2 N–H and O–H groups in total. The van der Waals surface area contributed by atoms with Crippen molar-refractivity contribution < 1.29 is 0 Å². The fourth-order valence-corrected chi connectivity index (χ4v) is 2.26. The van der Waals surface area contributed by atoms with Gasteiger partial charge in [-0.05, 0) is 0 Å². The summed E-state index contributed by atoms with van der Waals surface area (Å²) in [6, 6.07) is 0. The third kappa shape index (κ3) is 4.01. The lowest BCUT2D eigenvalue weighted by atomic mass is 10.2. The second-order valence-electron chi connectivity index (χ2n) is 5.11. The van der Waals surface area contributed by atoms with Gasteiger partial charge in [0.2, 0.25) is 11.9 Å². The predicted octanol–water partition coefficient (Wildman–Crippen LogP) is 2.17. The molecule has 0 unspecified atom stereocenters. The summed E-state index contributed by atoms with van der Waals surface area (Å²) in [7, 11) is 5.70. The number of nitrogens with one attached hydrogen (secondary N) is 2. The first-order valence-electron chi connectivity index (χ1n) is 6.79. The molecule has 0 bridgehead atoms. The molecule has 0 aromatic carbocycles. The average molecular weight is 307 g/mol. The van der Waals surface area contributed by atoms with Gasteiger partial charge in [-0.1, -0.05) is 13.8 Å². The molecule has 21 heavy (non-hydrogen) atoms. The highest BCUT2D eigenvalue weighted by molar-refractivity contribution is 7.13. The van der Waals surface area contributed by atoms with Gasteiger partial charge >= 0.3 is 0 Å². The molecule has 2 aromatic heterocycles. The summed E-state index contributed by atoms with van der Waals surface area (Å²) in [5.41, 5.74) is 0.960. The lowest BCUT2D eigenvalue weighted by Gasteiger charge is -2.14. The standard InChI is InChI=1S/C13H21N7S/c1-8(2)10-17-11(19-12(18-10)20(4)5)15-6-9-7-21-13(14-3)16-9/h7-8H,6H2,1-5H3,(H,14,16)(H,15,17,18,19). The van der Waals surface area contributed by atoms with Gasteiger partial charge in [0.1, 0.15) is 5.82 Å². The Labute approximate surface area is 128 Å². The number of thiazole rings is 1. The molecule has 0 spiro atoms. The summed E-state index contributed by atoms with van der Waals surface area (Å²) >= 11 is 1.58. The molecule has 2 aromatic rings. The Morgan fingerprint density at radius 2 is 1.95 bits per heavy atom. The maximum absolute atomic E-state index is 4.46. The van der Waals surface area contributed by atoms with Crippen molar-refractivity contribution in [3.8, 4) is 0 Å². The summed E-state index contributed by atoms with van der Waals surface area (Å²) in [6.45, 7) is 4.73. The van der Waals surface area contributed by atoms with E-state index in [-0.39, 0.29) is 5.92 Å². The zero-order valence-corrected chi connectivity index (χ0v) is 13.8. The van der Waals surface area contributed by atoms with Crippen LogP contribution >= 0.6 is 11.3 Å². The number of rotatable bonds is 6. The average Bonchev–Trinajstić information content (AvgIpc) is 2.92. The summed E-state index contributed by atoms with van der Waals surface area (Å²) in [6.07, 6.45) is 0. The Morgan fingerprint density at radius 3 is 2.52 bits per heavy atom. The molecule has 0 fully saturated rings. The Hall–Kier alpha value is -1.96. The molecule has 7 nitrogen and oxygen atoms in total. The number of hydrogen-bond donors (Lipinski definition) is 2. The molecule has 114 valence electrons. The second-order valence-corrected chi connectivity index (χ2v) is 5.97. The molecule has 0 radical (unpaired) electrons. The van der Waals surface area contributed by atoms with Crippen LogP contribution in [0, 0.1) is 0 Å². The van der Waals surface area contributed by atoms with Crippen molar-refractivity contribution in [1.29, 1.82) is 0 Å². The van der Waals surface area contributed by atoms with E-state index in [1.807, 2.05) is 31.4 Å². The van der Waals surface area contributed by atoms with Crippen molar-refractivity contribution in [2.24, 2.45) is 0 Å². The zero-order valence-electron chi connectivity index (χ0n) is 13.0. The van der Waals surface area contributed by atoms with E-state index in [9.17, 15) is 0 Å². The molecule has 0 amide bonds. The van der Waals surface area contributed by atoms with Gasteiger partial charge in [0.25, 0.3) is 0 Å². The predicted molar refractivity (Wildman–Crippen MR) is 87.2 cm³/mol. The van der Waals surface area contributed by atoms with E-state index in [0.29, 0.717) is 18.4 Å². The van der Waals surface area contributed by atoms with Gasteiger partial charge in [-0.25, -0.2) is 4.98 Å². The molecule has 0 saturated heterocycles.